The molecule has 0 saturated carbocycles. The van der Waals surface area contributed by atoms with Crippen LogP contribution in [0.25, 0.3) is 21.9 Å². The minimum Gasteiger partial charge on any atom is -0.453 e. The van der Waals surface area contributed by atoms with Crippen LogP contribution in [0.3, 0.4) is 0 Å². The van der Waals surface area contributed by atoms with Gasteiger partial charge in [0, 0.05) is 0 Å². The van der Waals surface area contributed by atoms with Gasteiger partial charge in [0.15, 0.2) is 23.8 Å². The second-order valence-corrected chi connectivity index (χ2v) is 11.2. The lowest BCUT2D eigenvalue weighted by Crippen LogP contribution is -2.38. The van der Waals surface area contributed by atoms with E-state index in [1.54, 1.807) is 36.4 Å². The molecule has 5 atom stereocenters. The van der Waals surface area contributed by atoms with E-state index < -0.39 is 52.8 Å². The molecule has 0 amide bonds. The first-order valence-corrected chi connectivity index (χ1v) is 14.2. The average Bonchev–Trinajstić information content (AvgIpc) is 3.43. The molecule has 1 aliphatic heterocycles. The summed E-state index contributed by atoms with van der Waals surface area (Å²) in [6.45, 7) is -0.876. The SMILES string of the molecule is Nc1ncnc2c1ncn2[C@@H]1O[C@H](COP(=O)(O)OP(=O)(O)O)[C@@H](OC(=O)c2cccc3ccccc23)[C@H]1O. The second-order valence-electron chi connectivity index (χ2n) is 8.37. The summed E-state index contributed by atoms with van der Waals surface area (Å²) in [6, 6.07) is 12.0. The lowest BCUT2D eigenvalue weighted by atomic mass is 10.0. The molecular formula is C21H21N5O11P2. The van der Waals surface area contributed by atoms with E-state index in [0.717, 1.165) is 11.7 Å². The number of hydrogen-bond donors (Lipinski definition) is 5. The van der Waals surface area contributed by atoms with Crippen molar-refractivity contribution in [3.8, 4) is 0 Å². The Morgan fingerprint density at radius 1 is 1.08 bits per heavy atom. The third-order valence-corrected chi connectivity index (χ3v) is 7.99. The monoisotopic (exact) mass is 581 g/mol. The lowest BCUT2D eigenvalue weighted by Gasteiger charge is -2.22. The van der Waals surface area contributed by atoms with Crippen molar-refractivity contribution >= 4 is 49.4 Å². The van der Waals surface area contributed by atoms with Gasteiger partial charge in [0.05, 0.1) is 18.5 Å². The van der Waals surface area contributed by atoms with Gasteiger partial charge in [-0.1, -0.05) is 36.4 Å². The number of imidazole rings is 1. The van der Waals surface area contributed by atoms with Gasteiger partial charge in [0.25, 0.3) is 0 Å². The number of aromatic nitrogens is 4. The number of phosphoric ester groups is 1. The Hall–Kier alpha value is -3.30. The number of fused-ring (bicyclic) bond motifs is 2. The third kappa shape index (κ3) is 5.70. The summed E-state index contributed by atoms with van der Waals surface area (Å²) in [7, 11) is -10.7. The van der Waals surface area contributed by atoms with Crippen LogP contribution in [0.15, 0.2) is 55.1 Å². The minimum atomic E-state index is -5.40. The molecule has 1 fully saturated rings. The van der Waals surface area contributed by atoms with E-state index in [4.69, 9.17) is 29.5 Å². The van der Waals surface area contributed by atoms with E-state index in [1.165, 1.54) is 17.0 Å². The first-order chi connectivity index (χ1) is 18.4. The number of rotatable bonds is 8. The molecule has 0 spiro atoms. The van der Waals surface area contributed by atoms with Crippen LogP contribution in [0, 0.1) is 0 Å². The highest BCUT2D eigenvalue weighted by Crippen LogP contribution is 2.57. The van der Waals surface area contributed by atoms with Gasteiger partial charge in [-0.05, 0) is 16.8 Å². The van der Waals surface area contributed by atoms with Crippen LogP contribution in [0.5, 0.6) is 0 Å². The zero-order chi connectivity index (χ0) is 27.9. The van der Waals surface area contributed by atoms with Crippen molar-refractivity contribution in [3.63, 3.8) is 0 Å². The number of aliphatic hydroxyl groups is 1. The fourth-order valence-electron chi connectivity index (χ4n) is 4.20. The summed E-state index contributed by atoms with van der Waals surface area (Å²) in [6.07, 6.45) is -3.38. The standard InChI is InChI=1S/C21H21N5O11P2/c22-18-15-19(24-9-23-18)26(10-25-15)20-16(27)17(14(35-20)8-34-39(32,33)37-38(29,30)31)36-21(28)13-7-3-5-11-4-1-2-6-12(11)13/h1-7,9-10,14,16-17,20,27H,8H2,(H,32,33)(H2,22,23,24)(H2,29,30,31)/t14-,16-,17-,20-/m1/s1. The maximum Gasteiger partial charge on any atom is 0.481 e. The van der Waals surface area contributed by atoms with Crippen molar-refractivity contribution in [2.45, 2.75) is 24.5 Å². The van der Waals surface area contributed by atoms with Crippen molar-refractivity contribution in [1.82, 2.24) is 19.5 Å². The van der Waals surface area contributed by atoms with Crippen LogP contribution in [-0.2, 0) is 27.4 Å². The van der Waals surface area contributed by atoms with E-state index >= 15 is 0 Å². The van der Waals surface area contributed by atoms with Crippen molar-refractivity contribution < 1.29 is 52.0 Å². The highest BCUT2D eigenvalue weighted by molar-refractivity contribution is 7.60. The van der Waals surface area contributed by atoms with Crippen LogP contribution < -0.4 is 5.73 Å². The third-order valence-electron chi connectivity index (χ3n) is 5.83. The molecule has 18 heteroatoms. The Kier molecular flexibility index (Phi) is 7.24. The highest BCUT2D eigenvalue weighted by Gasteiger charge is 2.49. The Morgan fingerprint density at radius 3 is 2.59 bits per heavy atom. The molecule has 0 aliphatic carbocycles. The first kappa shape index (κ1) is 27.3. The first-order valence-electron chi connectivity index (χ1n) is 11.1. The Labute approximate surface area is 218 Å². The van der Waals surface area contributed by atoms with Crippen LogP contribution in [0.4, 0.5) is 5.82 Å². The minimum absolute atomic E-state index is 0.0564. The number of carbonyl (C=O) groups excluding carboxylic acids is 1. The van der Waals surface area contributed by atoms with E-state index in [9.17, 15) is 23.9 Å². The maximum absolute atomic E-state index is 13.2. The normalized spacial score (nSPS) is 23.2. The number of ether oxygens (including phenoxy) is 2. The molecule has 6 N–H and O–H groups in total. The van der Waals surface area contributed by atoms with Gasteiger partial charge < -0.3 is 35.0 Å². The van der Waals surface area contributed by atoms with Gasteiger partial charge in [0.1, 0.15) is 24.1 Å². The Bertz CT molecular complexity index is 1640. The number of hydrogen-bond acceptors (Lipinski definition) is 12. The molecule has 2 aromatic carbocycles. The number of nitrogens with two attached hydrogens (primary N) is 1. The zero-order valence-corrected chi connectivity index (χ0v) is 21.4. The number of phosphoric acid groups is 2. The Balaban J connectivity index is 1.45. The molecule has 4 aromatic rings. The molecule has 39 heavy (non-hydrogen) atoms. The number of nitrogen functional groups attached to an aromatic ring is 1. The number of anilines is 1. The molecule has 1 aliphatic rings. The molecule has 3 heterocycles. The number of benzene rings is 2. The summed E-state index contributed by atoms with van der Waals surface area (Å²) in [5, 5.41) is 12.5. The van der Waals surface area contributed by atoms with Gasteiger partial charge in [-0.15, -0.1) is 0 Å². The molecule has 16 nitrogen and oxygen atoms in total. The Morgan fingerprint density at radius 2 is 1.82 bits per heavy atom. The van der Waals surface area contributed by atoms with Crippen molar-refractivity contribution in [1.29, 1.82) is 0 Å². The van der Waals surface area contributed by atoms with Crippen LogP contribution >= 0.6 is 15.6 Å². The fraction of sp³-hybridized carbons (Fsp3) is 0.238. The van der Waals surface area contributed by atoms with Crippen LogP contribution in [0.2, 0.25) is 0 Å². The molecule has 206 valence electrons. The van der Waals surface area contributed by atoms with Crippen LogP contribution in [-0.4, -0.2) is 70.2 Å². The quantitative estimate of drug-likeness (QED) is 0.145. The molecule has 0 radical (unpaired) electrons. The summed E-state index contributed by atoms with van der Waals surface area (Å²) >= 11 is 0. The number of carbonyl (C=O) groups is 1. The predicted octanol–water partition coefficient (Wildman–Crippen LogP) is 1.27. The van der Waals surface area contributed by atoms with E-state index in [2.05, 4.69) is 19.3 Å². The van der Waals surface area contributed by atoms with Gasteiger partial charge in [-0.2, -0.15) is 4.31 Å². The van der Waals surface area contributed by atoms with Crippen molar-refractivity contribution in [2.24, 2.45) is 0 Å². The molecule has 2 aromatic heterocycles. The fourth-order valence-corrected chi connectivity index (χ4v) is 5.80. The van der Waals surface area contributed by atoms with Crippen LogP contribution in [0.1, 0.15) is 16.6 Å². The summed E-state index contributed by atoms with van der Waals surface area (Å²) in [5.41, 5.74) is 6.37. The van der Waals surface area contributed by atoms with E-state index in [0.29, 0.717) is 5.39 Å². The molecule has 5 rings (SSSR count). The summed E-state index contributed by atoms with van der Waals surface area (Å²) < 4.78 is 44.3. The topological polar surface area (TPSA) is 239 Å². The maximum atomic E-state index is 13.2. The van der Waals surface area contributed by atoms with Gasteiger partial charge in [0.2, 0.25) is 0 Å². The molecule has 1 unspecified atom stereocenters. The lowest BCUT2D eigenvalue weighted by molar-refractivity contribution is -0.0520. The number of esters is 1. The largest absolute Gasteiger partial charge is 0.481 e. The summed E-state index contributed by atoms with van der Waals surface area (Å²) in [4.78, 5) is 52.7. The van der Waals surface area contributed by atoms with Crippen molar-refractivity contribution in [2.75, 3.05) is 12.3 Å². The van der Waals surface area contributed by atoms with Crippen molar-refractivity contribution in [3.05, 3.63) is 60.7 Å². The average molecular weight is 581 g/mol. The van der Waals surface area contributed by atoms with Gasteiger partial charge >= 0.3 is 21.6 Å². The smallest absolute Gasteiger partial charge is 0.453 e. The highest BCUT2D eigenvalue weighted by atomic mass is 31.3. The number of aliphatic hydroxyl groups excluding tert-OH is 1. The molecule has 0 bridgehead atoms. The van der Waals surface area contributed by atoms with E-state index in [-0.39, 0.29) is 22.5 Å². The van der Waals surface area contributed by atoms with E-state index in [1.807, 2.05) is 0 Å². The molecular weight excluding hydrogens is 560 g/mol. The van der Waals surface area contributed by atoms with Gasteiger partial charge in [-0.25, -0.2) is 28.9 Å². The second kappa shape index (κ2) is 10.4. The predicted molar refractivity (Wildman–Crippen MR) is 132 cm³/mol. The molecule has 1 saturated heterocycles. The number of nitrogens with zero attached hydrogens (tertiary/aromatic N) is 4. The summed E-state index contributed by atoms with van der Waals surface area (Å²) in [5.74, 6) is -0.785. The zero-order valence-electron chi connectivity index (χ0n) is 19.6. The van der Waals surface area contributed by atoms with Gasteiger partial charge in [-0.3, -0.25) is 9.09 Å².